The summed E-state index contributed by atoms with van der Waals surface area (Å²) < 4.78 is 6.70. The summed E-state index contributed by atoms with van der Waals surface area (Å²) in [4.78, 5) is 12.3. The highest BCUT2D eigenvalue weighted by atomic mass is 16.5. The summed E-state index contributed by atoms with van der Waals surface area (Å²) in [6, 6.07) is 7.39. The molecule has 0 saturated heterocycles. The molecule has 0 fully saturated rings. The van der Waals surface area contributed by atoms with E-state index in [1.807, 2.05) is 38.1 Å². The first-order valence-corrected chi connectivity index (χ1v) is 7.70. The number of rotatable bonds is 6. The Hall–Kier alpha value is -2.37. The molecular formula is C17H24N4O2. The van der Waals surface area contributed by atoms with Gasteiger partial charge in [0.2, 0.25) is 0 Å². The Morgan fingerprint density at radius 2 is 1.96 bits per heavy atom. The standard InChI is InChI=1S/C17H24N4O2/c1-12(2)10-17(3,4)18-16(22)15-11-21(20-19-15)13-6-8-14(23-5)9-7-13/h6-9,11-12H,10H2,1-5H3,(H,18,22). The molecule has 6 nitrogen and oxygen atoms in total. The van der Waals surface area contributed by atoms with Crippen molar-refractivity contribution in [2.24, 2.45) is 5.92 Å². The lowest BCUT2D eigenvalue weighted by atomic mass is 9.92. The smallest absolute Gasteiger partial charge is 0.273 e. The molecule has 0 aliphatic carbocycles. The number of nitrogens with zero attached hydrogens (tertiary/aromatic N) is 3. The fourth-order valence-corrected chi connectivity index (χ4v) is 2.67. The van der Waals surface area contributed by atoms with E-state index in [1.54, 1.807) is 18.0 Å². The minimum atomic E-state index is -0.283. The number of amides is 1. The van der Waals surface area contributed by atoms with Gasteiger partial charge in [-0.3, -0.25) is 4.79 Å². The van der Waals surface area contributed by atoms with Crippen LogP contribution in [-0.4, -0.2) is 33.5 Å². The van der Waals surface area contributed by atoms with E-state index >= 15 is 0 Å². The number of ether oxygens (including phenoxy) is 1. The Bertz CT molecular complexity index is 659. The lowest BCUT2D eigenvalue weighted by Gasteiger charge is -2.27. The summed E-state index contributed by atoms with van der Waals surface area (Å²) in [6.07, 6.45) is 2.52. The molecule has 0 radical (unpaired) electrons. The van der Waals surface area contributed by atoms with E-state index in [9.17, 15) is 4.79 Å². The number of hydrogen-bond donors (Lipinski definition) is 1. The Balaban J connectivity index is 2.10. The van der Waals surface area contributed by atoms with Gasteiger partial charge in [-0.05, 0) is 50.5 Å². The number of carbonyl (C=O) groups is 1. The first-order valence-electron chi connectivity index (χ1n) is 7.70. The number of hydrogen-bond acceptors (Lipinski definition) is 4. The van der Waals surface area contributed by atoms with Crippen molar-refractivity contribution in [2.75, 3.05) is 7.11 Å². The van der Waals surface area contributed by atoms with Crippen LogP contribution in [0, 0.1) is 5.92 Å². The average molecular weight is 316 g/mol. The molecule has 1 N–H and O–H groups in total. The molecule has 0 saturated carbocycles. The topological polar surface area (TPSA) is 69.0 Å². The van der Waals surface area contributed by atoms with E-state index in [0.717, 1.165) is 17.9 Å². The summed E-state index contributed by atoms with van der Waals surface area (Å²) in [5.41, 5.74) is 0.839. The molecule has 124 valence electrons. The molecule has 6 heteroatoms. The number of methoxy groups -OCH3 is 1. The van der Waals surface area contributed by atoms with Gasteiger partial charge in [0.1, 0.15) is 5.75 Å². The van der Waals surface area contributed by atoms with Crippen LogP contribution in [0.1, 0.15) is 44.6 Å². The molecule has 0 atom stereocenters. The molecule has 1 heterocycles. The minimum Gasteiger partial charge on any atom is -0.497 e. The van der Waals surface area contributed by atoms with E-state index < -0.39 is 0 Å². The second kappa shape index (κ2) is 6.81. The molecule has 2 aromatic rings. The molecule has 0 bridgehead atoms. The average Bonchev–Trinajstić information content (AvgIpc) is 2.95. The van der Waals surface area contributed by atoms with Crippen LogP contribution in [0.4, 0.5) is 0 Å². The zero-order chi connectivity index (χ0) is 17.0. The molecule has 1 aromatic carbocycles. The Labute approximate surface area is 136 Å². The summed E-state index contributed by atoms with van der Waals surface area (Å²) >= 11 is 0. The summed E-state index contributed by atoms with van der Waals surface area (Å²) in [5.74, 6) is 1.05. The molecule has 1 amide bonds. The third-order valence-electron chi connectivity index (χ3n) is 3.43. The van der Waals surface area contributed by atoms with E-state index in [-0.39, 0.29) is 11.4 Å². The van der Waals surface area contributed by atoms with Gasteiger partial charge in [-0.2, -0.15) is 0 Å². The van der Waals surface area contributed by atoms with Gasteiger partial charge in [-0.15, -0.1) is 5.10 Å². The maximum absolute atomic E-state index is 12.3. The van der Waals surface area contributed by atoms with Crippen LogP contribution in [0.15, 0.2) is 30.5 Å². The second-order valence-corrected chi connectivity index (χ2v) is 6.68. The van der Waals surface area contributed by atoms with Crippen LogP contribution in [0.25, 0.3) is 5.69 Å². The highest BCUT2D eigenvalue weighted by Gasteiger charge is 2.23. The third-order valence-corrected chi connectivity index (χ3v) is 3.43. The monoisotopic (exact) mass is 316 g/mol. The molecule has 2 rings (SSSR count). The van der Waals surface area contributed by atoms with E-state index in [4.69, 9.17) is 4.74 Å². The first-order chi connectivity index (χ1) is 10.8. The van der Waals surface area contributed by atoms with Gasteiger partial charge < -0.3 is 10.1 Å². The van der Waals surface area contributed by atoms with E-state index in [0.29, 0.717) is 11.6 Å². The fraction of sp³-hybridized carbons (Fsp3) is 0.471. The number of nitrogens with one attached hydrogen (secondary N) is 1. The van der Waals surface area contributed by atoms with Crippen molar-refractivity contribution < 1.29 is 9.53 Å². The summed E-state index contributed by atoms with van der Waals surface area (Å²) in [7, 11) is 1.62. The normalized spacial score (nSPS) is 11.6. The van der Waals surface area contributed by atoms with Gasteiger partial charge in [0, 0.05) is 5.54 Å². The molecule has 0 aliphatic rings. The SMILES string of the molecule is COc1ccc(-n2cc(C(=O)NC(C)(C)CC(C)C)nn2)cc1. The molecule has 0 aliphatic heterocycles. The van der Waals surface area contributed by atoms with Crippen molar-refractivity contribution in [2.45, 2.75) is 39.7 Å². The maximum atomic E-state index is 12.3. The third kappa shape index (κ3) is 4.55. The molecule has 0 unspecified atom stereocenters. The summed E-state index contributed by atoms with van der Waals surface area (Å²) in [6.45, 7) is 8.29. The Morgan fingerprint density at radius 3 is 2.52 bits per heavy atom. The Kier molecular flexibility index (Phi) is 5.03. The molecular weight excluding hydrogens is 292 g/mol. The van der Waals surface area contributed by atoms with Crippen molar-refractivity contribution in [1.82, 2.24) is 20.3 Å². The van der Waals surface area contributed by atoms with Crippen LogP contribution < -0.4 is 10.1 Å². The number of carbonyl (C=O) groups excluding carboxylic acids is 1. The fourth-order valence-electron chi connectivity index (χ4n) is 2.67. The van der Waals surface area contributed by atoms with Crippen molar-refractivity contribution in [3.63, 3.8) is 0 Å². The quantitative estimate of drug-likeness (QED) is 0.889. The van der Waals surface area contributed by atoms with Gasteiger partial charge in [0.15, 0.2) is 5.69 Å². The largest absolute Gasteiger partial charge is 0.497 e. The predicted molar refractivity (Wildman–Crippen MR) is 88.9 cm³/mol. The van der Waals surface area contributed by atoms with Gasteiger partial charge in [0.05, 0.1) is 19.0 Å². The van der Waals surface area contributed by atoms with Crippen molar-refractivity contribution in [3.05, 3.63) is 36.2 Å². The van der Waals surface area contributed by atoms with Gasteiger partial charge in [-0.25, -0.2) is 4.68 Å². The van der Waals surface area contributed by atoms with Crippen LogP contribution in [-0.2, 0) is 0 Å². The maximum Gasteiger partial charge on any atom is 0.273 e. The lowest BCUT2D eigenvalue weighted by Crippen LogP contribution is -2.44. The van der Waals surface area contributed by atoms with Crippen LogP contribution in [0.3, 0.4) is 0 Å². The van der Waals surface area contributed by atoms with Gasteiger partial charge in [0.25, 0.3) is 5.91 Å². The molecule has 0 spiro atoms. The van der Waals surface area contributed by atoms with Crippen molar-refractivity contribution >= 4 is 5.91 Å². The second-order valence-electron chi connectivity index (χ2n) is 6.68. The molecule has 1 aromatic heterocycles. The van der Waals surface area contributed by atoms with Crippen LogP contribution >= 0.6 is 0 Å². The Morgan fingerprint density at radius 1 is 1.30 bits per heavy atom. The summed E-state index contributed by atoms with van der Waals surface area (Å²) in [5, 5.41) is 11.0. The van der Waals surface area contributed by atoms with E-state index in [1.165, 1.54) is 0 Å². The van der Waals surface area contributed by atoms with Crippen molar-refractivity contribution in [1.29, 1.82) is 0 Å². The minimum absolute atomic E-state index is 0.213. The molecule has 23 heavy (non-hydrogen) atoms. The van der Waals surface area contributed by atoms with Gasteiger partial charge >= 0.3 is 0 Å². The lowest BCUT2D eigenvalue weighted by molar-refractivity contribution is 0.0898. The number of benzene rings is 1. The predicted octanol–water partition coefficient (Wildman–Crippen LogP) is 2.83. The number of aromatic nitrogens is 3. The zero-order valence-corrected chi connectivity index (χ0v) is 14.3. The van der Waals surface area contributed by atoms with Crippen molar-refractivity contribution in [3.8, 4) is 11.4 Å². The van der Waals surface area contributed by atoms with Crippen LogP contribution in [0.2, 0.25) is 0 Å². The van der Waals surface area contributed by atoms with Gasteiger partial charge in [-0.1, -0.05) is 19.1 Å². The highest BCUT2D eigenvalue weighted by Crippen LogP contribution is 2.17. The van der Waals surface area contributed by atoms with Crippen LogP contribution in [0.5, 0.6) is 5.75 Å². The zero-order valence-electron chi connectivity index (χ0n) is 14.3. The van der Waals surface area contributed by atoms with E-state index in [2.05, 4.69) is 29.5 Å². The first kappa shape index (κ1) is 17.0. The highest BCUT2D eigenvalue weighted by molar-refractivity contribution is 5.92.